The van der Waals surface area contributed by atoms with Gasteiger partial charge in [-0.1, -0.05) is 34.6 Å². The summed E-state index contributed by atoms with van der Waals surface area (Å²) in [7, 11) is 0. The molecule has 0 N–H and O–H groups in total. The van der Waals surface area contributed by atoms with Crippen molar-refractivity contribution in [2.45, 2.75) is 101 Å². The molecule has 31 heavy (non-hydrogen) atoms. The van der Waals surface area contributed by atoms with Gasteiger partial charge >= 0.3 is 22.4 Å². The first kappa shape index (κ1) is 44.9. The molecule has 0 aromatic rings. The molecule has 0 aliphatic heterocycles. The van der Waals surface area contributed by atoms with Crippen molar-refractivity contribution < 1.29 is 71.6 Å². The Hall–Kier alpha value is 0.340. The summed E-state index contributed by atoms with van der Waals surface area (Å²) in [5.41, 5.74) is 0. The molecule has 0 aromatic heterocycles. The van der Waals surface area contributed by atoms with Crippen LogP contribution in [-0.2, 0) is 46.1 Å². The summed E-state index contributed by atoms with van der Waals surface area (Å²) >= 11 is 0. The smallest absolute Gasteiger partial charge is 0.831 e. The van der Waals surface area contributed by atoms with Gasteiger partial charge in [-0.15, -0.1) is 0 Å². The van der Waals surface area contributed by atoms with Crippen LogP contribution in [0.2, 0.25) is 0 Å². The van der Waals surface area contributed by atoms with E-state index in [-0.39, 0.29) is 22.4 Å². The van der Waals surface area contributed by atoms with Gasteiger partial charge in [0.2, 0.25) is 0 Å². The van der Waals surface area contributed by atoms with Crippen LogP contribution in [-0.4, -0.2) is 64.5 Å². The molecule has 190 valence electrons. The molecular weight excluding hydrogens is 493 g/mol. The second-order valence-corrected chi connectivity index (χ2v) is 5.11. The summed E-state index contributed by atoms with van der Waals surface area (Å²) in [4.78, 5) is 0. The van der Waals surface area contributed by atoms with Crippen molar-refractivity contribution in [2.24, 2.45) is 0 Å². The molecule has 0 amide bonds. The Morgan fingerprint density at radius 3 is 0.484 bits per heavy atom. The van der Waals surface area contributed by atoms with E-state index < -0.39 is 31.5 Å². The predicted molar refractivity (Wildman–Crippen MR) is 105 cm³/mol. The molecule has 0 aliphatic rings. The van der Waals surface area contributed by atoms with Crippen LogP contribution in [0, 0.1) is 0 Å². The van der Waals surface area contributed by atoms with Crippen LogP contribution in [0.5, 0.6) is 0 Å². The third kappa shape index (κ3) is 104. The standard InChI is InChI=1S/5C4H9O2.Nb/c5*1-3-6-4(2)5;/h5*4H,3H2,1-2H3;/q5*-1;+5. The van der Waals surface area contributed by atoms with Gasteiger partial charge < -0.3 is 49.2 Å². The van der Waals surface area contributed by atoms with E-state index in [2.05, 4.69) is 23.7 Å². The third-order valence-corrected chi connectivity index (χ3v) is 2.01. The topological polar surface area (TPSA) is 161 Å². The van der Waals surface area contributed by atoms with Crippen LogP contribution in [0.15, 0.2) is 0 Å². The van der Waals surface area contributed by atoms with Crippen LogP contribution < -0.4 is 25.5 Å². The van der Waals surface area contributed by atoms with Gasteiger partial charge in [-0.2, -0.15) is 0 Å². The zero-order valence-corrected chi connectivity index (χ0v) is 23.2. The molecule has 0 radical (unpaired) electrons. The van der Waals surface area contributed by atoms with Crippen molar-refractivity contribution in [1.29, 1.82) is 0 Å². The Balaban J connectivity index is -0.0000000625. The first-order valence-electron chi connectivity index (χ1n) is 10.2. The second kappa shape index (κ2) is 40.7. The van der Waals surface area contributed by atoms with E-state index in [0.717, 1.165) is 0 Å². The van der Waals surface area contributed by atoms with Gasteiger partial charge in [0.05, 0.1) is 0 Å². The zero-order valence-electron chi connectivity index (χ0n) is 21.0. The molecule has 0 saturated heterocycles. The molecule has 0 heterocycles. The summed E-state index contributed by atoms with van der Waals surface area (Å²) < 4.78 is 22.4. The number of hydrogen-bond donors (Lipinski definition) is 0. The van der Waals surface area contributed by atoms with E-state index in [1.165, 1.54) is 34.6 Å². The molecule has 0 saturated carbocycles. The molecule has 0 fully saturated rings. The van der Waals surface area contributed by atoms with Crippen molar-refractivity contribution in [3.8, 4) is 0 Å². The van der Waals surface area contributed by atoms with E-state index in [1.54, 1.807) is 34.6 Å². The maximum atomic E-state index is 9.90. The second-order valence-electron chi connectivity index (χ2n) is 5.11. The summed E-state index contributed by atoms with van der Waals surface area (Å²) in [5.74, 6) is 0. The fourth-order valence-electron chi connectivity index (χ4n) is 1.17. The Bertz CT molecular complexity index is 198. The molecule has 5 atom stereocenters. The maximum Gasteiger partial charge on any atom is 5.00 e. The van der Waals surface area contributed by atoms with Gasteiger partial charge in [-0.25, -0.2) is 0 Å². The molecule has 5 unspecified atom stereocenters. The minimum absolute atomic E-state index is 0. The fraction of sp³-hybridized carbons (Fsp3) is 1.00. The monoisotopic (exact) mass is 538 g/mol. The minimum Gasteiger partial charge on any atom is -0.831 e. The Morgan fingerprint density at radius 1 is 0.387 bits per heavy atom. The van der Waals surface area contributed by atoms with Gasteiger partial charge in [0.1, 0.15) is 0 Å². The molecule has 0 spiro atoms. The quantitative estimate of drug-likeness (QED) is 0.240. The van der Waals surface area contributed by atoms with Gasteiger partial charge in [-0.3, -0.25) is 0 Å². The maximum absolute atomic E-state index is 9.90. The first-order valence-corrected chi connectivity index (χ1v) is 10.2. The number of ether oxygens (including phenoxy) is 5. The van der Waals surface area contributed by atoms with Crippen molar-refractivity contribution in [3.63, 3.8) is 0 Å². The molecule has 0 rings (SSSR count). The summed E-state index contributed by atoms with van der Waals surface area (Å²) in [6.07, 6.45) is -4.26. The van der Waals surface area contributed by atoms with Gasteiger partial charge in [0, 0.05) is 33.0 Å². The zero-order chi connectivity index (χ0) is 25.0. The van der Waals surface area contributed by atoms with E-state index in [1.807, 2.05) is 0 Å². The minimum atomic E-state index is -0.852. The van der Waals surface area contributed by atoms with Gasteiger partial charge in [-0.05, 0) is 66.1 Å². The average molecular weight is 538 g/mol. The van der Waals surface area contributed by atoms with E-state index in [9.17, 15) is 25.5 Å². The fourth-order valence-corrected chi connectivity index (χ4v) is 1.17. The molecule has 10 nitrogen and oxygen atoms in total. The van der Waals surface area contributed by atoms with Crippen molar-refractivity contribution in [2.75, 3.05) is 33.0 Å². The van der Waals surface area contributed by atoms with E-state index >= 15 is 0 Å². The molecule has 0 aliphatic carbocycles. The number of rotatable bonds is 10. The Labute approximate surface area is 205 Å². The van der Waals surface area contributed by atoms with Crippen LogP contribution in [0.4, 0.5) is 0 Å². The summed E-state index contributed by atoms with van der Waals surface area (Å²) in [6, 6.07) is 0. The Kier molecular flexibility index (Phi) is 58.9. The predicted octanol–water partition coefficient (Wildman–Crippen LogP) is -1.36. The van der Waals surface area contributed by atoms with E-state index in [0.29, 0.717) is 33.0 Å². The van der Waals surface area contributed by atoms with Gasteiger partial charge in [0.25, 0.3) is 0 Å². The van der Waals surface area contributed by atoms with Crippen molar-refractivity contribution in [3.05, 3.63) is 0 Å². The molecule has 0 bridgehead atoms. The third-order valence-electron chi connectivity index (χ3n) is 2.01. The van der Waals surface area contributed by atoms with Crippen LogP contribution in [0.25, 0.3) is 0 Å². The molecule has 11 heteroatoms. The normalized spacial score (nSPS) is 14.0. The van der Waals surface area contributed by atoms with Crippen LogP contribution >= 0.6 is 0 Å². The average Bonchev–Trinajstić information content (AvgIpc) is 2.56. The molecular formula is C20H45NbO10. The van der Waals surface area contributed by atoms with Crippen LogP contribution in [0.3, 0.4) is 0 Å². The summed E-state index contributed by atoms with van der Waals surface area (Å²) in [5, 5.41) is 49.5. The van der Waals surface area contributed by atoms with Crippen molar-refractivity contribution in [1.82, 2.24) is 0 Å². The summed E-state index contributed by atoms with van der Waals surface area (Å²) in [6.45, 7) is 19.0. The SMILES string of the molecule is CCOC(C)[O-].CCOC(C)[O-].CCOC(C)[O-].CCOC(C)[O-].CCOC(C)[O-].[Nb+5]. The number of hydrogen-bond acceptors (Lipinski definition) is 10. The van der Waals surface area contributed by atoms with E-state index in [4.69, 9.17) is 0 Å². The van der Waals surface area contributed by atoms with Gasteiger partial charge in [0.15, 0.2) is 0 Å². The van der Waals surface area contributed by atoms with Crippen LogP contribution in [0.1, 0.15) is 69.2 Å². The Morgan fingerprint density at radius 2 is 0.484 bits per heavy atom. The van der Waals surface area contributed by atoms with Crippen molar-refractivity contribution >= 4 is 0 Å². The largest absolute Gasteiger partial charge is 5.00 e. The molecule has 0 aromatic carbocycles. The first-order chi connectivity index (χ1) is 13.9.